The Morgan fingerprint density at radius 1 is 1.50 bits per heavy atom. The minimum atomic E-state index is -0.0160. The average molecular weight is 193 g/mol. The summed E-state index contributed by atoms with van der Waals surface area (Å²) in [6.45, 7) is 0.560. The standard InChI is InChI=1S/C8H11N5O/c1-12-8(10-5-11-12)3-13-6-9-2-7(13)4-14/h2,5-6,14H,3-4H2,1H3. The van der Waals surface area contributed by atoms with Gasteiger partial charge in [0, 0.05) is 7.05 Å². The predicted molar refractivity (Wildman–Crippen MR) is 48.3 cm³/mol. The van der Waals surface area contributed by atoms with Crippen molar-refractivity contribution in [2.24, 2.45) is 7.05 Å². The van der Waals surface area contributed by atoms with Gasteiger partial charge >= 0.3 is 0 Å². The second-order valence-corrected chi connectivity index (χ2v) is 2.97. The van der Waals surface area contributed by atoms with Crippen LogP contribution in [-0.2, 0) is 20.2 Å². The Balaban J connectivity index is 2.22. The van der Waals surface area contributed by atoms with Gasteiger partial charge in [-0.05, 0) is 0 Å². The SMILES string of the molecule is Cn1ncnc1Cn1cncc1CO. The van der Waals surface area contributed by atoms with Crippen LogP contribution >= 0.6 is 0 Å². The maximum absolute atomic E-state index is 9.00. The number of aromatic nitrogens is 5. The van der Waals surface area contributed by atoms with Gasteiger partial charge < -0.3 is 9.67 Å². The van der Waals surface area contributed by atoms with Crippen LogP contribution in [0.1, 0.15) is 11.5 Å². The number of nitrogens with zero attached hydrogens (tertiary/aromatic N) is 5. The van der Waals surface area contributed by atoms with Gasteiger partial charge in [-0.25, -0.2) is 9.97 Å². The van der Waals surface area contributed by atoms with E-state index in [0.29, 0.717) is 6.54 Å². The molecule has 2 aromatic rings. The van der Waals surface area contributed by atoms with Crippen molar-refractivity contribution in [2.45, 2.75) is 13.2 Å². The highest BCUT2D eigenvalue weighted by molar-refractivity contribution is 4.99. The third-order valence-corrected chi connectivity index (χ3v) is 2.08. The van der Waals surface area contributed by atoms with Crippen molar-refractivity contribution in [1.82, 2.24) is 24.3 Å². The molecule has 0 atom stereocenters. The van der Waals surface area contributed by atoms with Crippen LogP contribution in [0.25, 0.3) is 0 Å². The fourth-order valence-electron chi connectivity index (χ4n) is 1.24. The number of aliphatic hydroxyl groups is 1. The fraction of sp³-hybridized carbons (Fsp3) is 0.375. The highest BCUT2D eigenvalue weighted by Crippen LogP contribution is 2.02. The normalized spacial score (nSPS) is 10.7. The van der Waals surface area contributed by atoms with Gasteiger partial charge in [-0.1, -0.05) is 0 Å². The molecule has 0 bridgehead atoms. The molecule has 0 saturated carbocycles. The van der Waals surface area contributed by atoms with Crippen molar-refractivity contribution in [3.05, 3.63) is 30.4 Å². The van der Waals surface area contributed by atoms with E-state index in [4.69, 9.17) is 5.11 Å². The molecule has 74 valence electrons. The zero-order chi connectivity index (χ0) is 9.97. The zero-order valence-corrected chi connectivity index (χ0v) is 7.83. The smallest absolute Gasteiger partial charge is 0.146 e. The van der Waals surface area contributed by atoms with E-state index < -0.39 is 0 Å². The largest absolute Gasteiger partial charge is 0.390 e. The molecule has 2 heterocycles. The molecule has 14 heavy (non-hydrogen) atoms. The maximum atomic E-state index is 9.00. The Bertz CT molecular complexity index is 419. The molecule has 0 unspecified atom stereocenters. The molecule has 0 aromatic carbocycles. The molecular formula is C8H11N5O. The van der Waals surface area contributed by atoms with Gasteiger partial charge in [-0.2, -0.15) is 5.10 Å². The van der Waals surface area contributed by atoms with Crippen LogP contribution in [0.2, 0.25) is 0 Å². The second-order valence-electron chi connectivity index (χ2n) is 2.97. The molecule has 6 heteroatoms. The van der Waals surface area contributed by atoms with Gasteiger partial charge in [0.25, 0.3) is 0 Å². The number of imidazole rings is 1. The molecule has 0 amide bonds. The van der Waals surface area contributed by atoms with Gasteiger partial charge in [0.15, 0.2) is 0 Å². The summed E-state index contributed by atoms with van der Waals surface area (Å²) >= 11 is 0. The molecule has 0 aliphatic carbocycles. The number of rotatable bonds is 3. The third kappa shape index (κ3) is 1.51. The van der Waals surface area contributed by atoms with Gasteiger partial charge in [0.2, 0.25) is 0 Å². The third-order valence-electron chi connectivity index (χ3n) is 2.08. The average Bonchev–Trinajstić information content (AvgIpc) is 2.77. The zero-order valence-electron chi connectivity index (χ0n) is 7.83. The van der Waals surface area contributed by atoms with E-state index in [0.717, 1.165) is 11.5 Å². The van der Waals surface area contributed by atoms with Crippen molar-refractivity contribution in [3.63, 3.8) is 0 Å². The Morgan fingerprint density at radius 3 is 3.00 bits per heavy atom. The molecule has 0 radical (unpaired) electrons. The summed E-state index contributed by atoms with van der Waals surface area (Å²) < 4.78 is 3.53. The van der Waals surface area contributed by atoms with E-state index in [1.807, 2.05) is 11.6 Å². The first-order valence-corrected chi connectivity index (χ1v) is 4.24. The molecule has 0 fully saturated rings. The first-order chi connectivity index (χ1) is 6.81. The molecule has 2 rings (SSSR count). The molecule has 0 saturated heterocycles. The first kappa shape index (κ1) is 8.89. The number of hydrogen-bond acceptors (Lipinski definition) is 4. The van der Waals surface area contributed by atoms with Gasteiger partial charge in [-0.15, -0.1) is 0 Å². The lowest BCUT2D eigenvalue weighted by Crippen LogP contribution is -2.08. The van der Waals surface area contributed by atoms with Crippen LogP contribution in [0.3, 0.4) is 0 Å². The molecule has 0 aliphatic heterocycles. The summed E-state index contributed by atoms with van der Waals surface area (Å²) in [4.78, 5) is 8.04. The predicted octanol–water partition coefficient (Wildman–Crippen LogP) is -0.448. The molecule has 0 aliphatic rings. The van der Waals surface area contributed by atoms with Gasteiger partial charge in [-0.3, -0.25) is 4.68 Å². The van der Waals surface area contributed by atoms with Crippen LogP contribution in [0.15, 0.2) is 18.9 Å². The molecule has 6 nitrogen and oxygen atoms in total. The van der Waals surface area contributed by atoms with Crippen molar-refractivity contribution in [2.75, 3.05) is 0 Å². The lowest BCUT2D eigenvalue weighted by molar-refractivity contribution is 0.271. The van der Waals surface area contributed by atoms with E-state index in [1.165, 1.54) is 6.33 Å². The summed E-state index contributed by atoms with van der Waals surface area (Å²) in [5, 5.41) is 13.0. The number of aryl methyl sites for hydroxylation is 1. The fourth-order valence-corrected chi connectivity index (χ4v) is 1.24. The van der Waals surface area contributed by atoms with Crippen molar-refractivity contribution >= 4 is 0 Å². The van der Waals surface area contributed by atoms with Crippen molar-refractivity contribution in [3.8, 4) is 0 Å². The number of aliphatic hydroxyl groups excluding tert-OH is 1. The Hall–Kier alpha value is -1.69. The van der Waals surface area contributed by atoms with Crippen LogP contribution in [-0.4, -0.2) is 29.4 Å². The lowest BCUT2D eigenvalue weighted by Gasteiger charge is -2.04. The van der Waals surface area contributed by atoms with E-state index >= 15 is 0 Å². The first-order valence-electron chi connectivity index (χ1n) is 4.24. The Morgan fingerprint density at radius 2 is 2.36 bits per heavy atom. The van der Waals surface area contributed by atoms with Crippen LogP contribution < -0.4 is 0 Å². The Kier molecular flexibility index (Phi) is 2.28. The van der Waals surface area contributed by atoms with E-state index in [9.17, 15) is 0 Å². The minimum absolute atomic E-state index is 0.0160. The van der Waals surface area contributed by atoms with E-state index in [-0.39, 0.29) is 6.61 Å². The molecule has 1 N–H and O–H groups in total. The van der Waals surface area contributed by atoms with E-state index in [1.54, 1.807) is 17.2 Å². The highest BCUT2D eigenvalue weighted by atomic mass is 16.3. The highest BCUT2D eigenvalue weighted by Gasteiger charge is 2.04. The van der Waals surface area contributed by atoms with Crippen LogP contribution in [0, 0.1) is 0 Å². The Labute approximate surface area is 80.8 Å². The minimum Gasteiger partial charge on any atom is -0.390 e. The summed E-state index contributed by atoms with van der Waals surface area (Å²) in [5.41, 5.74) is 0.771. The van der Waals surface area contributed by atoms with Gasteiger partial charge in [0.1, 0.15) is 12.2 Å². The summed E-state index contributed by atoms with van der Waals surface area (Å²) in [7, 11) is 1.83. The number of hydrogen-bond donors (Lipinski definition) is 1. The quantitative estimate of drug-likeness (QED) is 0.717. The summed E-state index contributed by atoms with van der Waals surface area (Å²) in [6, 6.07) is 0. The molecule has 2 aromatic heterocycles. The summed E-state index contributed by atoms with van der Waals surface area (Å²) in [5.74, 6) is 0.831. The lowest BCUT2D eigenvalue weighted by atomic mass is 10.4. The van der Waals surface area contributed by atoms with Crippen LogP contribution in [0.5, 0.6) is 0 Å². The monoisotopic (exact) mass is 193 g/mol. The molecular weight excluding hydrogens is 182 g/mol. The molecule has 0 spiro atoms. The van der Waals surface area contributed by atoms with Crippen molar-refractivity contribution < 1.29 is 5.11 Å². The maximum Gasteiger partial charge on any atom is 0.146 e. The van der Waals surface area contributed by atoms with Crippen LogP contribution in [0.4, 0.5) is 0 Å². The van der Waals surface area contributed by atoms with Crippen molar-refractivity contribution in [1.29, 1.82) is 0 Å². The van der Waals surface area contributed by atoms with Gasteiger partial charge in [0.05, 0.1) is 31.4 Å². The van der Waals surface area contributed by atoms with E-state index in [2.05, 4.69) is 15.1 Å². The topological polar surface area (TPSA) is 68.8 Å². The second kappa shape index (κ2) is 3.59. The summed E-state index contributed by atoms with van der Waals surface area (Å²) in [6.07, 6.45) is 4.81.